The van der Waals surface area contributed by atoms with Crippen LogP contribution in [0.15, 0.2) is 31.0 Å². The number of hydrogen-bond acceptors (Lipinski definition) is 1. The van der Waals surface area contributed by atoms with Crippen LogP contribution in [0.25, 0.3) is 17.0 Å². The van der Waals surface area contributed by atoms with Crippen molar-refractivity contribution in [1.82, 2.24) is 4.57 Å². The van der Waals surface area contributed by atoms with E-state index in [1.54, 1.807) is 6.08 Å². The Morgan fingerprint density at radius 3 is 2.71 bits per heavy atom. The largest absolute Gasteiger partial charge is 0.350 e. The number of nitrogens with zero attached hydrogens (tertiary/aromatic N) is 1. The van der Waals surface area contributed by atoms with Crippen molar-refractivity contribution in [2.75, 3.05) is 0 Å². The second-order valence-electron chi connectivity index (χ2n) is 4.65. The van der Waals surface area contributed by atoms with Gasteiger partial charge in [-0.05, 0) is 17.7 Å². The minimum absolute atomic E-state index is 0.0213. The zero-order valence-electron chi connectivity index (χ0n) is 10.5. The van der Waals surface area contributed by atoms with E-state index < -0.39 is 0 Å². The van der Waals surface area contributed by atoms with Crippen molar-refractivity contribution < 1.29 is 4.79 Å². The predicted octanol–water partition coefficient (Wildman–Crippen LogP) is 3.66. The summed E-state index contributed by atoms with van der Waals surface area (Å²) in [5.41, 5.74) is 2.93. The van der Waals surface area contributed by atoms with E-state index in [-0.39, 0.29) is 11.7 Å². The first kappa shape index (κ1) is 11.6. The Morgan fingerprint density at radius 2 is 2.12 bits per heavy atom. The summed E-state index contributed by atoms with van der Waals surface area (Å²) in [6.07, 6.45) is 3.72. The van der Waals surface area contributed by atoms with Gasteiger partial charge >= 0.3 is 0 Å². The number of carbonyl (C=O) groups excluding carboxylic acids is 1. The van der Waals surface area contributed by atoms with Gasteiger partial charge in [-0.25, -0.2) is 0 Å². The van der Waals surface area contributed by atoms with Crippen LogP contribution in [0.4, 0.5) is 0 Å². The third kappa shape index (κ3) is 1.91. The van der Waals surface area contributed by atoms with Crippen LogP contribution in [-0.4, -0.2) is 10.4 Å². The highest BCUT2D eigenvalue weighted by atomic mass is 16.1. The highest BCUT2D eigenvalue weighted by Crippen LogP contribution is 2.24. The van der Waals surface area contributed by atoms with E-state index in [1.807, 2.05) is 49.9 Å². The number of carbonyl (C=O) groups is 1. The van der Waals surface area contributed by atoms with E-state index >= 15 is 0 Å². The molecule has 17 heavy (non-hydrogen) atoms. The fourth-order valence-corrected chi connectivity index (χ4v) is 2.04. The van der Waals surface area contributed by atoms with Crippen LogP contribution in [0.2, 0.25) is 0 Å². The summed E-state index contributed by atoms with van der Waals surface area (Å²) < 4.78 is 2.00. The van der Waals surface area contributed by atoms with Crippen LogP contribution in [0.1, 0.15) is 29.8 Å². The number of fused-ring (bicyclic) bond motifs is 1. The standard InChI is InChI=1S/C15H17NO/c1-5-11-6-7-14-12(8-11)13(9-16(14)4)15(17)10(2)3/h5-10H,1H2,2-4H3. The molecule has 0 aliphatic heterocycles. The number of benzene rings is 1. The molecule has 0 amide bonds. The van der Waals surface area contributed by atoms with E-state index in [0.29, 0.717) is 0 Å². The van der Waals surface area contributed by atoms with Gasteiger partial charge in [-0.3, -0.25) is 4.79 Å². The van der Waals surface area contributed by atoms with E-state index in [4.69, 9.17) is 0 Å². The second-order valence-corrected chi connectivity index (χ2v) is 4.65. The molecule has 2 aromatic rings. The van der Waals surface area contributed by atoms with E-state index in [9.17, 15) is 4.79 Å². The smallest absolute Gasteiger partial charge is 0.167 e. The van der Waals surface area contributed by atoms with E-state index in [2.05, 4.69) is 6.58 Å². The lowest BCUT2D eigenvalue weighted by Crippen LogP contribution is -2.06. The fraction of sp³-hybridized carbons (Fsp3) is 0.267. The van der Waals surface area contributed by atoms with Gasteiger partial charge < -0.3 is 4.57 Å². The average molecular weight is 227 g/mol. The molecule has 2 heteroatoms. The topological polar surface area (TPSA) is 22.0 Å². The molecule has 88 valence electrons. The maximum atomic E-state index is 12.1. The number of hydrogen-bond donors (Lipinski definition) is 0. The molecule has 0 unspecified atom stereocenters. The molecular formula is C15H17NO. The monoisotopic (exact) mass is 227 g/mol. The van der Waals surface area contributed by atoms with Crippen molar-refractivity contribution in [2.24, 2.45) is 13.0 Å². The second kappa shape index (κ2) is 4.21. The molecule has 0 saturated heterocycles. The molecule has 1 aromatic heterocycles. The molecule has 0 fully saturated rings. The summed E-state index contributed by atoms with van der Waals surface area (Å²) >= 11 is 0. The molecule has 0 bridgehead atoms. The van der Waals surface area contributed by atoms with Gasteiger partial charge in [-0.2, -0.15) is 0 Å². The zero-order valence-corrected chi connectivity index (χ0v) is 10.5. The fourth-order valence-electron chi connectivity index (χ4n) is 2.04. The Kier molecular flexibility index (Phi) is 2.88. The molecule has 0 N–H and O–H groups in total. The van der Waals surface area contributed by atoms with Gasteiger partial charge in [0.25, 0.3) is 0 Å². The Labute approximate surface area is 102 Å². The van der Waals surface area contributed by atoms with Crippen LogP contribution in [0, 0.1) is 5.92 Å². The first-order chi connectivity index (χ1) is 8.04. The van der Waals surface area contributed by atoms with Gasteiger partial charge in [0, 0.05) is 35.6 Å². The molecular weight excluding hydrogens is 210 g/mol. The Morgan fingerprint density at radius 1 is 1.41 bits per heavy atom. The average Bonchev–Trinajstić information content (AvgIpc) is 2.65. The normalized spacial score (nSPS) is 11.1. The zero-order chi connectivity index (χ0) is 12.6. The van der Waals surface area contributed by atoms with Crippen LogP contribution in [-0.2, 0) is 7.05 Å². The van der Waals surface area contributed by atoms with Crippen LogP contribution >= 0.6 is 0 Å². The molecule has 1 aromatic carbocycles. The molecule has 0 saturated carbocycles. The van der Waals surface area contributed by atoms with Crippen molar-refractivity contribution in [3.63, 3.8) is 0 Å². The predicted molar refractivity (Wildman–Crippen MR) is 72.2 cm³/mol. The third-order valence-electron chi connectivity index (χ3n) is 3.04. The van der Waals surface area contributed by atoms with Crippen LogP contribution in [0.3, 0.4) is 0 Å². The van der Waals surface area contributed by atoms with Crippen molar-refractivity contribution in [3.05, 3.63) is 42.1 Å². The Balaban J connectivity index is 2.71. The highest BCUT2D eigenvalue weighted by molar-refractivity contribution is 6.09. The van der Waals surface area contributed by atoms with Gasteiger partial charge in [0.15, 0.2) is 5.78 Å². The van der Waals surface area contributed by atoms with Gasteiger partial charge in [-0.15, -0.1) is 0 Å². The van der Waals surface area contributed by atoms with Gasteiger partial charge in [-0.1, -0.05) is 32.6 Å². The molecule has 0 spiro atoms. The van der Waals surface area contributed by atoms with Crippen molar-refractivity contribution in [2.45, 2.75) is 13.8 Å². The number of Topliss-reactive ketones (excluding diaryl/α,β-unsaturated/α-hetero) is 1. The lowest BCUT2D eigenvalue weighted by Gasteiger charge is -2.02. The lowest BCUT2D eigenvalue weighted by atomic mass is 10.00. The molecule has 0 atom stereocenters. The SMILES string of the molecule is C=Cc1ccc2c(c1)c(C(=O)C(C)C)cn2C. The maximum Gasteiger partial charge on any atom is 0.167 e. The van der Waals surface area contributed by atoms with E-state index in [0.717, 1.165) is 22.0 Å². The summed E-state index contributed by atoms with van der Waals surface area (Å²) in [4.78, 5) is 12.1. The Hall–Kier alpha value is -1.83. The van der Waals surface area contributed by atoms with Gasteiger partial charge in [0.2, 0.25) is 0 Å². The molecule has 1 heterocycles. The molecule has 0 aliphatic rings. The van der Waals surface area contributed by atoms with Gasteiger partial charge in [0.05, 0.1) is 0 Å². The molecule has 0 aliphatic carbocycles. The minimum atomic E-state index is 0.0213. The molecule has 2 rings (SSSR count). The van der Waals surface area contributed by atoms with Gasteiger partial charge in [0.1, 0.15) is 0 Å². The van der Waals surface area contributed by atoms with Crippen molar-refractivity contribution >= 4 is 22.8 Å². The summed E-state index contributed by atoms with van der Waals surface area (Å²) in [6.45, 7) is 7.62. The summed E-state index contributed by atoms with van der Waals surface area (Å²) in [5, 5.41) is 1.02. The van der Waals surface area contributed by atoms with Crippen molar-refractivity contribution in [1.29, 1.82) is 0 Å². The molecule has 0 radical (unpaired) electrons. The number of ketones is 1. The number of aromatic nitrogens is 1. The maximum absolute atomic E-state index is 12.1. The highest BCUT2D eigenvalue weighted by Gasteiger charge is 2.16. The summed E-state index contributed by atoms with van der Waals surface area (Å²) in [6, 6.07) is 6.07. The quantitative estimate of drug-likeness (QED) is 0.733. The third-order valence-corrected chi connectivity index (χ3v) is 3.04. The lowest BCUT2D eigenvalue weighted by molar-refractivity contribution is 0.0941. The molecule has 2 nitrogen and oxygen atoms in total. The Bertz CT molecular complexity index is 590. The first-order valence-electron chi connectivity index (χ1n) is 5.80. The summed E-state index contributed by atoms with van der Waals surface area (Å²) in [7, 11) is 1.97. The van der Waals surface area contributed by atoms with Crippen LogP contribution < -0.4 is 0 Å². The number of rotatable bonds is 3. The van der Waals surface area contributed by atoms with E-state index in [1.165, 1.54) is 0 Å². The first-order valence-corrected chi connectivity index (χ1v) is 5.80. The van der Waals surface area contributed by atoms with Crippen molar-refractivity contribution in [3.8, 4) is 0 Å². The minimum Gasteiger partial charge on any atom is -0.350 e. The number of aryl methyl sites for hydroxylation is 1. The summed E-state index contributed by atoms with van der Waals surface area (Å²) in [5.74, 6) is 0.213. The van der Waals surface area contributed by atoms with Crippen LogP contribution in [0.5, 0.6) is 0 Å².